The number of methoxy groups -OCH3 is 1. The molecule has 0 atom stereocenters. The van der Waals surface area contributed by atoms with Crippen LogP contribution in [0.25, 0.3) is 0 Å². The molecular weight excluding hydrogens is 450 g/mol. The van der Waals surface area contributed by atoms with Gasteiger partial charge in [0.25, 0.3) is 5.91 Å². The third-order valence-electron chi connectivity index (χ3n) is 6.74. The highest BCUT2D eigenvalue weighted by atomic mass is 32.2. The Bertz CT molecular complexity index is 1070. The highest BCUT2D eigenvalue weighted by Crippen LogP contribution is 2.29. The molecule has 2 aromatic carbocycles. The fourth-order valence-electron chi connectivity index (χ4n) is 4.69. The maximum absolute atomic E-state index is 13.4. The lowest BCUT2D eigenvalue weighted by atomic mass is 10.1. The van der Waals surface area contributed by atoms with Crippen LogP contribution >= 0.6 is 0 Å². The van der Waals surface area contributed by atoms with Crippen molar-refractivity contribution >= 4 is 21.6 Å². The van der Waals surface area contributed by atoms with Crippen LogP contribution in [0.15, 0.2) is 47.4 Å². The molecule has 2 fully saturated rings. The zero-order valence-electron chi connectivity index (χ0n) is 20.0. The molecule has 1 amide bonds. The number of anilines is 1. The first-order valence-electron chi connectivity index (χ1n) is 12.3. The second kappa shape index (κ2) is 11.3. The van der Waals surface area contributed by atoms with Crippen molar-refractivity contribution in [2.45, 2.75) is 49.8 Å². The summed E-state index contributed by atoms with van der Waals surface area (Å²) in [6.07, 6.45) is 7.32. The lowest BCUT2D eigenvalue weighted by molar-refractivity contribution is 0.102. The first-order valence-corrected chi connectivity index (χ1v) is 13.7. The van der Waals surface area contributed by atoms with E-state index < -0.39 is 10.0 Å². The van der Waals surface area contributed by atoms with Crippen molar-refractivity contribution in [3.05, 3.63) is 53.6 Å². The van der Waals surface area contributed by atoms with Crippen molar-refractivity contribution in [1.29, 1.82) is 0 Å². The van der Waals surface area contributed by atoms with E-state index in [1.807, 2.05) is 24.3 Å². The van der Waals surface area contributed by atoms with Crippen LogP contribution in [-0.2, 0) is 16.4 Å². The summed E-state index contributed by atoms with van der Waals surface area (Å²) < 4.78 is 33.6. The maximum Gasteiger partial charge on any atom is 0.255 e. The van der Waals surface area contributed by atoms with E-state index >= 15 is 0 Å². The molecule has 0 saturated carbocycles. The summed E-state index contributed by atoms with van der Waals surface area (Å²) in [5.41, 5.74) is 2.20. The standard InChI is InChI=1S/C26H35N3O4S/c1-33-24-13-10-22(20-25(24)34(31,32)29-17-4-2-3-5-18-29)26(30)27-23-11-8-21(9-12-23)14-19-28-15-6-7-16-28/h8-13,20H,2-7,14-19H2,1H3,(H,27,30). The number of carbonyl (C=O) groups excluding carboxylic acids is 1. The number of likely N-dealkylation sites (tertiary alicyclic amines) is 1. The van der Waals surface area contributed by atoms with Gasteiger partial charge in [0.1, 0.15) is 10.6 Å². The number of hydrogen-bond donors (Lipinski definition) is 1. The van der Waals surface area contributed by atoms with Crippen LogP contribution in [0.3, 0.4) is 0 Å². The van der Waals surface area contributed by atoms with Gasteiger partial charge in [-0.2, -0.15) is 4.31 Å². The van der Waals surface area contributed by atoms with Gasteiger partial charge >= 0.3 is 0 Å². The number of carbonyl (C=O) groups is 1. The van der Waals surface area contributed by atoms with Gasteiger partial charge in [-0.05, 0) is 81.1 Å². The number of rotatable bonds is 8. The van der Waals surface area contributed by atoms with Crippen molar-refractivity contribution in [3.8, 4) is 5.75 Å². The average molecular weight is 486 g/mol. The van der Waals surface area contributed by atoms with Crippen LogP contribution in [-0.4, -0.2) is 63.4 Å². The van der Waals surface area contributed by atoms with E-state index in [0.717, 1.165) is 38.6 Å². The van der Waals surface area contributed by atoms with E-state index in [-0.39, 0.29) is 22.1 Å². The molecule has 2 heterocycles. The van der Waals surface area contributed by atoms with Crippen molar-refractivity contribution in [2.24, 2.45) is 0 Å². The van der Waals surface area contributed by atoms with E-state index in [2.05, 4.69) is 10.2 Å². The quantitative estimate of drug-likeness (QED) is 0.608. The van der Waals surface area contributed by atoms with Gasteiger partial charge in [-0.25, -0.2) is 8.42 Å². The van der Waals surface area contributed by atoms with Gasteiger partial charge in [-0.1, -0.05) is 25.0 Å². The van der Waals surface area contributed by atoms with E-state index in [4.69, 9.17) is 4.74 Å². The van der Waals surface area contributed by atoms with E-state index in [1.54, 1.807) is 12.1 Å². The summed E-state index contributed by atoms with van der Waals surface area (Å²) in [4.78, 5) is 15.5. The monoisotopic (exact) mass is 485 g/mol. The zero-order chi connectivity index (χ0) is 24.0. The van der Waals surface area contributed by atoms with E-state index in [1.165, 1.54) is 49.0 Å². The molecule has 1 N–H and O–H groups in total. The second-order valence-electron chi connectivity index (χ2n) is 9.13. The first-order chi connectivity index (χ1) is 16.5. The molecule has 2 aliphatic heterocycles. The molecule has 184 valence electrons. The Kier molecular flexibility index (Phi) is 8.24. The molecule has 2 aliphatic rings. The Morgan fingerprint density at radius 1 is 0.912 bits per heavy atom. The molecule has 8 heteroatoms. The summed E-state index contributed by atoms with van der Waals surface area (Å²) in [6, 6.07) is 12.5. The molecule has 7 nitrogen and oxygen atoms in total. The van der Waals surface area contributed by atoms with Crippen LogP contribution in [0.5, 0.6) is 5.75 Å². The predicted molar refractivity (Wildman–Crippen MR) is 134 cm³/mol. The maximum atomic E-state index is 13.4. The van der Waals surface area contributed by atoms with Gasteiger partial charge in [0.15, 0.2) is 0 Å². The smallest absolute Gasteiger partial charge is 0.255 e. The van der Waals surface area contributed by atoms with Gasteiger partial charge < -0.3 is 15.0 Å². The lowest BCUT2D eigenvalue weighted by Crippen LogP contribution is -2.32. The van der Waals surface area contributed by atoms with E-state index in [9.17, 15) is 13.2 Å². The predicted octanol–water partition coefficient (Wildman–Crippen LogP) is 4.15. The molecule has 0 bridgehead atoms. The van der Waals surface area contributed by atoms with Gasteiger partial charge in [-0.3, -0.25) is 4.79 Å². The van der Waals surface area contributed by atoms with Gasteiger partial charge in [0, 0.05) is 30.9 Å². The third-order valence-corrected chi connectivity index (χ3v) is 8.66. The number of hydrogen-bond acceptors (Lipinski definition) is 5. The summed E-state index contributed by atoms with van der Waals surface area (Å²) in [5, 5.41) is 2.89. The Morgan fingerprint density at radius 3 is 2.21 bits per heavy atom. The third kappa shape index (κ3) is 5.98. The van der Waals surface area contributed by atoms with Crippen molar-refractivity contribution in [2.75, 3.05) is 45.2 Å². The molecule has 0 unspecified atom stereocenters. The summed E-state index contributed by atoms with van der Waals surface area (Å²) in [5.74, 6) is -0.0945. The average Bonchev–Trinajstić information content (AvgIpc) is 3.22. The molecule has 2 aromatic rings. The number of ether oxygens (including phenoxy) is 1. The molecule has 0 spiro atoms. The van der Waals surface area contributed by atoms with Crippen LogP contribution in [0.4, 0.5) is 5.69 Å². The Labute approximate surface area is 203 Å². The van der Waals surface area contributed by atoms with Gasteiger partial charge in [0.05, 0.1) is 7.11 Å². The van der Waals surface area contributed by atoms with Gasteiger partial charge in [-0.15, -0.1) is 0 Å². The second-order valence-corrected chi connectivity index (χ2v) is 11.0. The summed E-state index contributed by atoms with van der Waals surface area (Å²) in [7, 11) is -2.31. The minimum atomic E-state index is -3.75. The fourth-order valence-corrected chi connectivity index (χ4v) is 6.39. The number of nitrogens with zero attached hydrogens (tertiary/aromatic N) is 2. The van der Waals surface area contributed by atoms with Crippen LogP contribution in [0, 0.1) is 0 Å². The Morgan fingerprint density at radius 2 is 1.56 bits per heavy atom. The molecule has 0 aromatic heterocycles. The number of benzene rings is 2. The van der Waals surface area contributed by atoms with Crippen LogP contribution in [0.2, 0.25) is 0 Å². The normalized spacial score (nSPS) is 17.9. The molecule has 0 aliphatic carbocycles. The van der Waals surface area contributed by atoms with Crippen LogP contribution < -0.4 is 10.1 Å². The SMILES string of the molecule is COc1ccc(C(=O)Nc2ccc(CCN3CCCC3)cc2)cc1S(=O)(=O)N1CCCCCC1. The molecule has 34 heavy (non-hydrogen) atoms. The molecule has 2 saturated heterocycles. The van der Waals surface area contributed by atoms with Crippen molar-refractivity contribution in [1.82, 2.24) is 9.21 Å². The fraction of sp³-hybridized carbons (Fsp3) is 0.500. The summed E-state index contributed by atoms with van der Waals surface area (Å²) >= 11 is 0. The minimum absolute atomic E-state index is 0.0433. The van der Waals surface area contributed by atoms with Crippen molar-refractivity contribution < 1.29 is 17.9 Å². The van der Waals surface area contributed by atoms with E-state index in [0.29, 0.717) is 18.8 Å². The van der Waals surface area contributed by atoms with Crippen LogP contribution in [0.1, 0.15) is 54.4 Å². The van der Waals surface area contributed by atoms with Crippen molar-refractivity contribution in [3.63, 3.8) is 0 Å². The minimum Gasteiger partial charge on any atom is -0.495 e. The largest absolute Gasteiger partial charge is 0.495 e. The molecule has 4 rings (SSSR count). The highest BCUT2D eigenvalue weighted by Gasteiger charge is 2.29. The topological polar surface area (TPSA) is 79.0 Å². The molecular formula is C26H35N3O4S. The number of amides is 1. The first kappa shape index (κ1) is 24.7. The molecule has 0 radical (unpaired) electrons. The Hall–Kier alpha value is -2.42. The lowest BCUT2D eigenvalue weighted by Gasteiger charge is -2.21. The highest BCUT2D eigenvalue weighted by molar-refractivity contribution is 7.89. The zero-order valence-corrected chi connectivity index (χ0v) is 20.8. The van der Waals surface area contributed by atoms with Gasteiger partial charge in [0.2, 0.25) is 10.0 Å². The summed E-state index contributed by atoms with van der Waals surface area (Å²) in [6.45, 7) is 4.42. The number of nitrogens with one attached hydrogen (secondary N) is 1. The Balaban J connectivity index is 1.45. The number of sulfonamides is 1.